The summed E-state index contributed by atoms with van der Waals surface area (Å²) in [4.78, 5) is 22.6. The number of benzene rings is 2. The van der Waals surface area contributed by atoms with Crippen LogP contribution in [0.1, 0.15) is 62.3 Å². The highest BCUT2D eigenvalue weighted by molar-refractivity contribution is 7.91. The molecule has 11 heteroatoms. The van der Waals surface area contributed by atoms with Crippen LogP contribution in [-0.4, -0.2) is 33.0 Å². The molecule has 9 nitrogen and oxygen atoms in total. The lowest BCUT2D eigenvalue weighted by Gasteiger charge is -2.36. The molecule has 0 aromatic heterocycles. The molecule has 0 aliphatic carbocycles. The summed E-state index contributed by atoms with van der Waals surface area (Å²) in [5.41, 5.74) is 1.29. The minimum Gasteiger partial charge on any atom is -0.811 e. The predicted octanol–water partition coefficient (Wildman–Crippen LogP) is 3.71. The third-order valence-electron chi connectivity index (χ3n) is 6.45. The Balaban J connectivity index is 0.00000306. The second-order valence-corrected chi connectivity index (χ2v) is 12.4. The van der Waals surface area contributed by atoms with Crippen molar-refractivity contribution in [1.82, 2.24) is 17.6 Å². The highest BCUT2D eigenvalue weighted by atomic mass is 32.2. The summed E-state index contributed by atoms with van der Waals surface area (Å²) < 4.78 is 44.1. The van der Waals surface area contributed by atoms with Gasteiger partial charge in [0.05, 0.1) is 23.8 Å². The van der Waals surface area contributed by atoms with Gasteiger partial charge in [0.1, 0.15) is 5.75 Å². The van der Waals surface area contributed by atoms with Crippen LogP contribution in [-0.2, 0) is 20.8 Å². The fourth-order valence-electron chi connectivity index (χ4n) is 4.57. The normalized spacial score (nSPS) is 21.1. The fourth-order valence-corrected chi connectivity index (χ4v) is 7.26. The van der Waals surface area contributed by atoms with E-state index in [0.717, 1.165) is 24.8 Å². The van der Waals surface area contributed by atoms with E-state index in [1.165, 1.54) is 13.2 Å². The molecule has 35 heavy (non-hydrogen) atoms. The molecule has 0 amide bonds. The lowest BCUT2D eigenvalue weighted by Crippen LogP contribution is -2.50. The number of rotatable bonds is 9. The number of sulfone groups is 1. The molecule has 198 valence electrons. The molecular weight excluding hydrogens is 489 g/mol. The van der Waals surface area contributed by atoms with Crippen molar-refractivity contribution < 1.29 is 27.5 Å². The van der Waals surface area contributed by atoms with Crippen LogP contribution >= 0.6 is 7.60 Å². The molecule has 1 aliphatic rings. The highest BCUT2D eigenvalue weighted by Crippen LogP contribution is 2.41. The van der Waals surface area contributed by atoms with Gasteiger partial charge >= 0.3 is 0 Å². The Hall–Kier alpha value is -1.78. The van der Waals surface area contributed by atoms with Gasteiger partial charge in [0, 0.05) is 5.54 Å². The minimum absolute atomic E-state index is 0. The average Bonchev–Trinajstić information content (AvgIpc) is 2.88. The largest absolute Gasteiger partial charge is 0.811 e. The number of aryl methyl sites for hydroxylation is 1. The van der Waals surface area contributed by atoms with Crippen molar-refractivity contribution in [1.29, 1.82) is 0 Å². The van der Waals surface area contributed by atoms with E-state index in [2.05, 4.69) is 12.2 Å². The summed E-state index contributed by atoms with van der Waals surface area (Å²) in [5.74, 6) is 0.318. The maximum Gasteiger partial charge on any atom is 0.180 e. The van der Waals surface area contributed by atoms with E-state index in [9.17, 15) is 22.8 Å². The highest BCUT2D eigenvalue weighted by Gasteiger charge is 2.42. The minimum atomic E-state index is -4.75. The molecule has 9 N–H and O–H groups in total. The fraction of sp³-hybridized carbons (Fsp3) is 0.500. The number of quaternary nitrogens is 2. The van der Waals surface area contributed by atoms with Gasteiger partial charge in [0.15, 0.2) is 9.84 Å². The molecule has 2 aromatic rings. The summed E-state index contributed by atoms with van der Waals surface area (Å²) >= 11 is 0. The van der Waals surface area contributed by atoms with E-state index in [1.807, 2.05) is 37.3 Å². The van der Waals surface area contributed by atoms with Crippen LogP contribution < -0.4 is 32.1 Å². The van der Waals surface area contributed by atoms with Crippen molar-refractivity contribution in [2.24, 2.45) is 0 Å². The first kappa shape index (κ1) is 31.3. The van der Waals surface area contributed by atoms with Gasteiger partial charge in [-0.1, -0.05) is 64.6 Å². The first-order valence-corrected chi connectivity index (χ1v) is 14.7. The Labute approximate surface area is 208 Å². The van der Waals surface area contributed by atoms with Gasteiger partial charge in [-0.15, -0.1) is 0 Å². The van der Waals surface area contributed by atoms with Crippen LogP contribution in [0, 0.1) is 0 Å². The number of nitrogens with one attached hydrogen (secondary N) is 1. The number of hydrogen-bond donors (Lipinski definition) is 3. The van der Waals surface area contributed by atoms with E-state index in [0.29, 0.717) is 23.3 Å². The van der Waals surface area contributed by atoms with Gasteiger partial charge < -0.3 is 31.4 Å². The maximum absolute atomic E-state index is 13.7. The quantitative estimate of drug-likeness (QED) is 0.412. The van der Waals surface area contributed by atoms with Gasteiger partial charge in [0.2, 0.25) is 0 Å². The molecule has 0 fully saturated rings. The maximum atomic E-state index is 13.7. The van der Waals surface area contributed by atoms with E-state index in [4.69, 9.17) is 4.74 Å². The predicted molar refractivity (Wildman–Crippen MR) is 137 cm³/mol. The monoisotopic (exact) mass is 529 g/mol. The Kier molecular flexibility index (Phi) is 11.1. The first-order valence-electron chi connectivity index (χ1n) is 11.3. The Morgan fingerprint density at radius 3 is 2.34 bits per heavy atom. The smallest absolute Gasteiger partial charge is 0.180 e. The second-order valence-electron chi connectivity index (χ2n) is 8.77. The van der Waals surface area contributed by atoms with Crippen molar-refractivity contribution in [3.05, 3.63) is 59.2 Å². The zero-order chi connectivity index (χ0) is 24.3. The molecule has 0 saturated carbocycles. The van der Waals surface area contributed by atoms with E-state index < -0.39 is 29.1 Å². The molecule has 0 radical (unpaired) electrons. The van der Waals surface area contributed by atoms with Crippen LogP contribution in [0.3, 0.4) is 0 Å². The van der Waals surface area contributed by atoms with Crippen molar-refractivity contribution in [2.75, 3.05) is 19.0 Å². The summed E-state index contributed by atoms with van der Waals surface area (Å²) in [6, 6.07) is 12.5. The topological polar surface area (TPSA) is 192 Å². The number of ether oxygens (including phenoxy) is 1. The number of methoxy groups -OCH3 is 1. The first-order chi connectivity index (χ1) is 15.5. The van der Waals surface area contributed by atoms with E-state index in [1.54, 1.807) is 6.07 Å². The third kappa shape index (κ3) is 7.36. The average molecular weight is 530 g/mol. The molecule has 1 heterocycles. The molecule has 2 aromatic carbocycles. The number of fused-ring (bicyclic) bond motifs is 1. The lowest BCUT2D eigenvalue weighted by molar-refractivity contribution is -0.313. The SMILES string of the molecule is CCCC[C@]1(CC)CS(=O)(=O)c2cc(CCP(=O)([O-])[O-])c(OC)cc2[C@@H](c2ccccc2)N1.[NH4+].[NH4+]. The molecule has 2 atom stereocenters. The van der Waals surface area contributed by atoms with Gasteiger partial charge in [-0.3, -0.25) is 5.32 Å². The van der Waals surface area contributed by atoms with Crippen LogP contribution in [0.15, 0.2) is 47.4 Å². The summed E-state index contributed by atoms with van der Waals surface area (Å²) in [5, 5.41) is 3.69. The van der Waals surface area contributed by atoms with Crippen molar-refractivity contribution in [3.8, 4) is 5.75 Å². The van der Waals surface area contributed by atoms with Crippen LogP contribution in [0.5, 0.6) is 5.75 Å². The summed E-state index contributed by atoms with van der Waals surface area (Å²) in [6.07, 6.45) is 2.51. The number of unbranched alkanes of at least 4 members (excludes halogenated alkanes) is 1. The molecule has 0 unspecified atom stereocenters. The summed E-state index contributed by atoms with van der Waals surface area (Å²) in [6.45, 7) is 4.09. The lowest BCUT2D eigenvalue weighted by atomic mass is 9.87. The van der Waals surface area contributed by atoms with E-state index >= 15 is 0 Å². The van der Waals surface area contributed by atoms with Crippen LogP contribution in [0.25, 0.3) is 0 Å². The molecule has 3 rings (SSSR count). The van der Waals surface area contributed by atoms with Gasteiger partial charge in [-0.25, -0.2) is 8.42 Å². The molecule has 0 spiro atoms. The van der Waals surface area contributed by atoms with Crippen molar-refractivity contribution >= 4 is 17.4 Å². The molecule has 0 bridgehead atoms. The Bertz CT molecular complexity index is 1120. The van der Waals surface area contributed by atoms with Crippen molar-refractivity contribution in [2.45, 2.75) is 62.4 Å². The zero-order valence-corrected chi connectivity index (χ0v) is 23.1. The van der Waals surface area contributed by atoms with Crippen molar-refractivity contribution in [3.63, 3.8) is 0 Å². The zero-order valence-electron chi connectivity index (χ0n) is 21.4. The van der Waals surface area contributed by atoms with Gasteiger partial charge in [-0.05, 0) is 54.2 Å². The Morgan fingerprint density at radius 1 is 1.14 bits per heavy atom. The van der Waals surface area contributed by atoms with E-state index in [-0.39, 0.29) is 35.4 Å². The second kappa shape index (κ2) is 12.5. The van der Waals surface area contributed by atoms with Crippen LogP contribution in [0.4, 0.5) is 0 Å². The van der Waals surface area contributed by atoms with Gasteiger partial charge in [0.25, 0.3) is 0 Å². The number of hydrogen-bond acceptors (Lipinski definition) is 7. The molecular formula is C24H40N3O6PS. The van der Waals surface area contributed by atoms with Crippen LogP contribution in [0.2, 0.25) is 0 Å². The van der Waals surface area contributed by atoms with Gasteiger partial charge in [-0.2, -0.15) is 0 Å². The standard InChI is InChI=1S/C24H34NO6PS.2H3N/c1-4-6-13-24(5-2)17-33(29,30)22-15-19(12-14-32(26,27)28)21(31-3)16-20(22)23(25-24)18-10-8-7-9-11-18;;/h7-11,15-16,23,25H,4-6,12-14,17H2,1-3H3,(H2,26,27,28);2*1H3/t23-,24-;;/m1../s1. The molecule has 0 saturated heterocycles. The molecule has 1 aliphatic heterocycles. The third-order valence-corrected chi connectivity index (χ3v) is 9.18. The Morgan fingerprint density at radius 2 is 1.80 bits per heavy atom. The summed E-state index contributed by atoms with van der Waals surface area (Å²) in [7, 11) is -7.01.